The smallest absolute Gasteiger partial charge is 0.193 e. The second kappa shape index (κ2) is 11.3. The Bertz CT molecular complexity index is 782. The zero-order valence-electron chi connectivity index (χ0n) is 16.9. The average Bonchev–Trinajstić information content (AvgIpc) is 2.72. The number of aryl methyl sites for hydroxylation is 1. The molecule has 1 aliphatic heterocycles. The number of hydrogen-bond acceptors (Lipinski definition) is 3. The predicted octanol–water partition coefficient (Wildman–Crippen LogP) is 3.81. The van der Waals surface area contributed by atoms with Crippen molar-refractivity contribution in [1.29, 1.82) is 0 Å². The average molecular weight is 495 g/mol. The van der Waals surface area contributed by atoms with Gasteiger partial charge in [-0.25, -0.2) is 0 Å². The van der Waals surface area contributed by atoms with E-state index in [1.165, 1.54) is 16.7 Å². The molecule has 0 aliphatic carbocycles. The van der Waals surface area contributed by atoms with E-state index >= 15 is 0 Å². The molecule has 1 N–H and O–H groups in total. The zero-order chi connectivity index (χ0) is 19.1. The predicted molar refractivity (Wildman–Crippen MR) is 125 cm³/mol. The Hall–Kier alpha value is -1.80. The van der Waals surface area contributed by atoms with Crippen LogP contribution in [-0.2, 0) is 11.2 Å². The summed E-state index contributed by atoms with van der Waals surface area (Å²) >= 11 is 0. The quantitative estimate of drug-likeness (QED) is 0.390. The van der Waals surface area contributed by atoms with Gasteiger partial charge in [0.2, 0.25) is 0 Å². The molecular weight excluding hydrogens is 465 g/mol. The lowest BCUT2D eigenvalue weighted by atomic mass is 10.0. The molecule has 0 spiro atoms. The van der Waals surface area contributed by atoms with Crippen molar-refractivity contribution in [3.8, 4) is 5.75 Å². The molecule has 5 nitrogen and oxygen atoms in total. The number of guanidine groups is 1. The van der Waals surface area contributed by atoms with Crippen LogP contribution in [0.1, 0.15) is 22.8 Å². The molecule has 152 valence electrons. The first-order valence-electron chi connectivity index (χ1n) is 9.47. The molecule has 3 rings (SSSR count). The van der Waals surface area contributed by atoms with Gasteiger partial charge in [-0.15, -0.1) is 24.0 Å². The van der Waals surface area contributed by atoms with Gasteiger partial charge in [-0.05, 0) is 36.1 Å². The molecule has 2 aromatic carbocycles. The summed E-state index contributed by atoms with van der Waals surface area (Å²) in [5.41, 5.74) is 3.72. The van der Waals surface area contributed by atoms with Gasteiger partial charge in [0.05, 0.1) is 20.3 Å². The monoisotopic (exact) mass is 495 g/mol. The minimum Gasteiger partial charge on any atom is -0.496 e. The largest absolute Gasteiger partial charge is 0.496 e. The molecule has 6 heteroatoms. The Morgan fingerprint density at radius 3 is 2.71 bits per heavy atom. The van der Waals surface area contributed by atoms with Gasteiger partial charge >= 0.3 is 0 Å². The standard InChI is InChI=1S/C22H29N3O2.HI/c1-17-8-4-6-10-19(17)21-16-25(14-15-27-21)22(23-2)24-13-12-18-9-5-7-11-20(18)26-3;/h4-11,21H,12-16H2,1-3H3,(H,23,24);1H. The minimum absolute atomic E-state index is 0. The van der Waals surface area contributed by atoms with Crippen molar-refractivity contribution in [2.45, 2.75) is 19.4 Å². The van der Waals surface area contributed by atoms with Gasteiger partial charge < -0.3 is 19.7 Å². The molecule has 1 atom stereocenters. The Labute approximate surface area is 185 Å². The van der Waals surface area contributed by atoms with Crippen LogP contribution in [0.3, 0.4) is 0 Å². The van der Waals surface area contributed by atoms with E-state index in [0.29, 0.717) is 6.61 Å². The fourth-order valence-electron chi connectivity index (χ4n) is 3.53. The zero-order valence-corrected chi connectivity index (χ0v) is 19.2. The van der Waals surface area contributed by atoms with Crippen LogP contribution in [0.2, 0.25) is 0 Å². The number of nitrogens with one attached hydrogen (secondary N) is 1. The molecule has 2 aromatic rings. The van der Waals surface area contributed by atoms with Crippen molar-refractivity contribution in [2.75, 3.05) is 40.4 Å². The maximum atomic E-state index is 6.03. The van der Waals surface area contributed by atoms with Crippen LogP contribution in [0.25, 0.3) is 0 Å². The summed E-state index contributed by atoms with van der Waals surface area (Å²) < 4.78 is 11.5. The molecule has 0 bridgehead atoms. The van der Waals surface area contributed by atoms with Crippen molar-refractivity contribution in [2.24, 2.45) is 4.99 Å². The number of ether oxygens (including phenoxy) is 2. The highest BCUT2D eigenvalue weighted by atomic mass is 127. The van der Waals surface area contributed by atoms with E-state index in [4.69, 9.17) is 9.47 Å². The van der Waals surface area contributed by atoms with Crippen LogP contribution >= 0.6 is 24.0 Å². The van der Waals surface area contributed by atoms with Crippen molar-refractivity contribution in [3.63, 3.8) is 0 Å². The molecule has 1 heterocycles. The van der Waals surface area contributed by atoms with Crippen molar-refractivity contribution in [3.05, 3.63) is 65.2 Å². The Balaban J connectivity index is 0.00000280. The van der Waals surface area contributed by atoms with Crippen molar-refractivity contribution in [1.82, 2.24) is 10.2 Å². The highest BCUT2D eigenvalue weighted by Gasteiger charge is 2.25. The maximum Gasteiger partial charge on any atom is 0.193 e. The van der Waals surface area contributed by atoms with Gasteiger partial charge in [-0.1, -0.05) is 42.5 Å². The third-order valence-corrected chi connectivity index (χ3v) is 4.98. The second-order valence-electron chi connectivity index (χ2n) is 6.70. The molecule has 1 saturated heterocycles. The summed E-state index contributed by atoms with van der Waals surface area (Å²) in [7, 11) is 3.55. The number of benzene rings is 2. The first kappa shape index (κ1) is 22.5. The molecule has 0 saturated carbocycles. The summed E-state index contributed by atoms with van der Waals surface area (Å²) in [4.78, 5) is 6.76. The summed E-state index contributed by atoms with van der Waals surface area (Å²) in [6.45, 7) is 5.29. The van der Waals surface area contributed by atoms with E-state index in [2.05, 4.69) is 52.5 Å². The van der Waals surface area contributed by atoms with Crippen LogP contribution in [0, 0.1) is 6.92 Å². The molecule has 1 unspecified atom stereocenters. The van der Waals surface area contributed by atoms with Crippen LogP contribution < -0.4 is 10.1 Å². The van der Waals surface area contributed by atoms with Gasteiger partial charge in [-0.3, -0.25) is 4.99 Å². The lowest BCUT2D eigenvalue weighted by Gasteiger charge is -2.35. The number of aliphatic imine (C=N–C) groups is 1. The van der Waals surface area contributed by atoms with Gasteiger partial charge in [0.25, 0.3) is 0 Å². The van der Waals surface area contributed by atoms with Crippen molar-refractivity contribution >= 4 is 29.9 Å². The number of rotatable bonds is 5. The fourth-order valence-corrected chi connectivity index (χ4v) is 3.53. The first-order valence-corrected chi connectivity index (χ1v) is 9.47. The first-order chi connectivity index (χ1) is 13.2. The van der Waals surface area contributed by atoms with Crippen LogP contribution in [0.15, 0.2) is 53.5 Å². The van der Waals surface area contributed by atoms with E-state index in [1.807, 2.05) is 25.2 Å². The lowest BCUT2D eigenvalue weighted by Crippen LogP contribution is -2.48. The van der Waals surface area contributed by atoms with Gasteiger partial charge in [0.1, 0.15) is 11.9 Å². The summed E-state index contributed by atoms with van der Waals surface area (Å²) in [6, 6.07) is 16.6. The number of halogens is 1. The highest BCUT2D eigenvalue weighted by Crippen LogP contribution is 2.25. The number of morpholine rings is 1. The molecule has 28 heavy (non-hydrogen) atoms. The van der Waals surface area contributed by atoms with E-state index in [9.17, 15) is 0 Å². The van der Waals surface area contributed by atoms with E-state index < -0.39 is 0 Å². The van der Waals surface area contributed by atoms with Gasteiger partial charge in [0.15, 0.2) is 5.96 Å². The summed E-state index contributed by atoms with van der Waals surface area (Å²) in [5.74, 6) is 1.85. The van der Waals surface area contributed by atoms with E-state index in [-0.39, 0.29) is 30.1 Å². The number of hydrogen-bond donors (Lipinski definition) is 1. The van der Waals surface area contributed by atoms with Crippen LogP contribution in [0.5, 0.6) is 5.75 Å². The number of methoxy groups -OCH3 is 1. The molecule has 0 radical (unpaired) electrons. The highest BCUT2D eigenvalue weighted by molar-refractivity contribution is 14.0. The molecular formula is C22H30IN3O2. The van der Waals surface area contributed by atoms with Gasteiger partial charge in [-0.2, -0.15) is 0 Å². The van der Waals surface area contributed by atoms with Crippen molar-refractivity contribution < 1.29 is 9.47 Å². The Morgan fingerprint density at radius 1 is 1.21 bits per heavy atom. The SMILES string of the molecule is CN=C(NCCc1ccccc1OC)N1CCOC(c2ccccc2C)C1.I. The summed E-state index contributed by atoms with van der Waals surface area (Å²) in [6.07, 6.45) is 0.960. The molecule has 1 fully saturated rings. The topological polar surface area (TPSA) is 46.1 Å². The van der Waals surface area contributed by atoms with Gasteiger partial charge in [0, 0.05) is 20.1 Å². The van der Waals surface area contributed by atoms with E-state index in [1.54, 1.807) is 7.11 Å². The second-order valence-corrected chi connectivity index (χ2v) is 6.70. The van der Waals surface area contributed by atoms with Crippen LogP contribution in [-0.4, -0.2) is 51.3 Å². The number of nitrogens with zero attached hydrogens (tertiary/aromatic N) is 2. The fraction of sp³-hybridized carbons (Fsp3) is 0.409. The summed E-state index contributed by atoms with van der Waals surface area (Å²) in [5, 5.41) is 3.49. The molecule has 0 aromatic heterocycles. The Kier molecular flexibility index (Phi) is 9.05. The molecule has 0 amide bonds. The maximum absolute atomic E-state index is 6.03. The number of para-hydroxylation sites is 1. The molecule has 1 aliphatic rings. The Morgan fingerprint density at radius 2 is 1.96 bits per heavy atom. The van der Waals surface area contributed by atoms with E-state index in [0.717, 1.165) is 37.8 Å². The third kappa shape index (κ3) is 5.61. The third-order valence-electron chi connectivity index (χ3n) is 4.98. The minimum atomic E-state index is 0. The lowest BCUT2D eigenvalue weighted by molar-refractivity contribution is -0.00829. The normalized spacial score (nSPS) is 17.0. The van der Waals surface area contributed by atoms with Crippen LogP contribution in [0.4, 0.5) is 0 Å².